The normalized spacial score (nSPS) is 10.4. The van der Waals surface area contributed by atoms with E-state index in [0.29, 0.717) is 44.3 Å². The fraction of sp³-hybridized carbons (Fsp3) is 0.556. The van der Waals surface area contributed by atoms with Crippen molar-refractivity contribution in [3.63, 3.8) is 0 Å². The van der Waals surface area contributed by atoms with E-state index in [1.807, 2.05) is 6.92 Å². The molecule has 0 radical (unpaired) electrons. The van der Waals surface area contributed by atoms with Crippen LogP contribution in [0.15, 0.2) is 24.3 Å². The quantitative estimate of drug-likeness (QED) is 0.620. The molecule has 0 heterocycles. The Balaban J connectivity index is 2.50. The van der Waals surface area contributed by atoms with E-state index in [1.165, 1.54) is 6.92 Å². The van der Waals surface area contributed by atoms with Crippen LogP contribution in [0.4, 0.5) is 10.5 Å². The Morgan fingerprint density at radius 1 is 1.16 bits per heavy atom. The Hall–Kier alpha value is -2.12. The molecule has 0 spiro atoms. The lowest BCUT2D eigenvalue weighted by Crippen LogP contribution is -2.35. The first-order valence-corrected chi connectivity index (χ1v) is 8.48. The average molecular weight is 352 g/mol. The molecule has 0 atom stereocenters. The molecule has 1 aromatic carbocycles. The summed E-state index contributed by atoms with van der Waals surface area (Å²) < 4.78 is 15.7. The third-order valence-electron chi connectivity index (χ3n) is 3.26. The van der Waals surface area contributed by atoms with Gasteiger partial charge in [-0.3, -0.25) is 4.79 Å². The van der Waals surface area contributed by atoms with E-state index in [1.54, 1.807) is 36.3 Å². The van der Waals surface area contributed by atoms with Crippen molar-refractivity contribution in [1.82, 2.24) is 4.90 Å². The SMILES string of the molecule is CCCN(CCCOCCOC)C(=O)Oc1cccc(NC(C)=O)c1. The number of anilines is 1. The molecule has 7 heteroatoms. The maximum Gasteiger partial charge on any atom is 0.415 e. The first-order chi connectivity index (χ1) is 12.1. The number of benzene rings is 1. The van der Waals surface area contributed by atoms with Crippen molar-refractivity contribution in [1.29, 1.82) is 0 Å². The van der Waals surface area contributed by atoms with Gasteiger partial charge in [0, 0.05) is 45.5 Å². The zero-order chi connectivity index (χ0) is 18.5. The highest BCUT2D eigenvalue weighted by Gasteiger charge is 2.15. The fourth-order valence-corrected chi connectivity index (χ4v) is 2.17. The van der Waals surface area contributed by atoms with E-state index in [2.05, 4.69) is 5.32 Å². The fourth-order valence-electron chi connectivity index (χ4n) is 2.17. The van der Waals surface area contributed by atoms with Gasteiger partial charge in [0.15, 0.2) is 0 Å². The standard InChI is InChI=1S/C18H28N2O5/c1-4-9-20(10-6-11-24-13-12-23-3)18(22)25-17-8-5-7-16(14-17)19-15(2)21/h5,7-8,14H,4,6,9-13H2,1-3H3,(H,19,21). The smallest absolute Gasteiger partial charge is 0.410 e. The van der Waals surface area contributed by atoms with Crippen molar-refractivity contribution >= 4 is 17.7 Å². The highest BCUT2D eigenvalue weighted by molar-refractivity contribution is 5.88. The van der Waals surface area contributed by atoms with Gasteiger partial charge in [-0.25, -0.2) is 4.79 Å². The number of amides is 2. The van der Waals surface area contributed by atoms with Gasteiger partial charge in [-0.15, -0.1) is 0 Å². The molecule has 1 aromatic rings. The second kappa shape index (κ2) is 12.3. The number of rotatable bonds is 11. The van der Waals surface area contributed by atoms with E-state index in [0.717, 1.165) is 12.8 Å². The lowest BCUT2D eigenvalue weighted by molar-refractivity contribution is -0.114. The summed E-state index contributed by atoms with van der Waals surface area (Å²) in [6, 6.07) is 6.76. The van der Waals surface area contributed by atoms with Crippen molar-refractivity contribution in [2.24, 2.45) is 0 Å². The van der Waals surface area contributed by atoms with Crippen LogP contribution >= 0.6 is 0 Å². The predicted molar refractivity (Wildman–Crippen MR) is 95.9 cm³/mol. The number of carbonyl (C=O) groups excluding carboxylic acids is 2. The Morgan fingerprint density at radius 3 is 2.64 bits per heavy atom. The molecule has 0 aliphatic rings. The molecule has 0 aliphatic heterocycles. The minimum absolute atomic E-state index is 0.176. The molecule has 7 nitrogen and oxygen atoms in total. The third-order valence-corrected chi connectivity index (χ3v) is 3.26. The van der Waals surface area contributed by atoms with Crippen molar-refractivity contribution in [2.75, 3.05) is 45.3 Å². The number of hydrogen-bond acceptors (Lipinski definition) is 5. The molecule has 1 rings (SSSR count). The molecular weight excluding hydrogens is 324 g/mol. The molecule has 0 saturated carbocycles. The monoisotopic (exact) mass is 352 g/mol. The molecule has 140 valence electrons. The average Bonchev–Trinajstić information content (AvgIpc) is 2.56. The van der Waals surface area contributed by atoms with E-state index in [9.17, 15) is 9.59 Å². The van der Waals surface area contributed by atoms with E-state index >= 15 is 0 Å². The van der Waals surface area contributed by atoms with Crippen LogP contribution in [0.2, 0.25) is 0 Å². The van der Waals surface area contributed by atoms with Gasteiger partial charge in [0.05, 0.1) is 13.2 Å². The first-order valence-electron chi connectivity index (χ1n) is 8.48. The minimum atomic E-state index is -0.404. The van der Waals surface area contributed by atoms with Crippen LogP contribution < -0.4 is 10.1 Å². The second-order valence-electron chi connectivity index (χ2n) is 5.52. The van der Waals surface area contributed by atoms with Gasteiger partial charge >= 0.3 is 6.09 Å². The Labute approximate surface area is 149 Å². The molecule has 2 amide bonds. The largest absolute Gasteiger partial charge is 0.415 e. The summed E-state index contributed by atoms with van der Waals surface area (Å²) >= 11 is 0. The summed E-state index contributed by atoms with van der Waals surface area (Å²) in [6.07, 6.45) is 1.16. The Morgan fingerprint density at radius 2 is 1.96 bits per heavy atom. The van der Waals surface area contributed by atoms with Crippen LogP contribution in [0.3, 0.4) is 0 Å². The number of hydrogen-bond donors (Lipinski definition) is 1. The molecule has 0 bridgehead atoms. The number of nitrogens with one attached hydrogen (secondary N) is 1. The Bertz CT molecular complexity index is 536. The van der Waals surface area contributed by atoms with Crippen molar-refractivity contribution in [2.45, 2.75) is 26.7 Å². The van der Waals surface area contributed by atoms with Gasteiger partial charge < -0.3 is 24.4 Å². The summed E-state index contributed by atoms with van der Waals surface area (Å²) in [5, 5.41) is 2.66. The topological polar surface area (TPSA) is 77.1 Å². The minimum Gasteiger partial charge on any atom is -0.410 e. The first kappa shape index (κ1) is 20.9. The molecule has 1 N–H and O–H groups in total. The van der Waals surface area contributed by atoms with E-state index < -0.39 is 6.09 Å². The molecular formula is C18H28N2O5. The highest BCUT2D eigenvalue weighted by Crippen LogP contribution is 2.18. The van der Waals surface area contributed by atoms with Crippen molar-refractivity contribution in [3.05, 3.63) is 24.3 Å². The van der Waals surface area contributed by atoms with Crippen LogP contribution in [-0.2, 0) is 14.3 Å². The highest BCUT2D eigenvalue weighted by atomic mass is 16.6. The van der Waals surface area contributed by atoms with Crippen molar-refractivity contribution < 1.29 is 23.8 Å². The van der Waals surface area contributed by atoms with E-state index in [4.69, 9.17) is 14.2 Å². The number of nitrogens with zero attached hydrogens (tertiary/aromatic N) is 1. The summed E-state index contributed by atoms with van der Waals surface area (Å²) in [6.45, 7) is 6.28. The molecule has 25 heavy (non-hydrogen) atoms. The van der Waals surface area contributed by atoms with Crippen LogP contribution in [-0.4, -0.2) is 56.9 Å². The molecule has 0 saturated heterocycles. The number of methoxy groups -OCH3 is 1. The Kier molecular flexibility index (Phi) is 10.3. The van der Waals surface area contributed by atoms with Gasteiger partial charge in [-0.05, 0) is 25.0 Å². The van der Waals surface area contributed by atoms with Gasteiger partial charge in [-0.2, -0.15) is 0 Å². The molecule has 0 unspecified atom stereocenters. The summed E-state index contributed by atoms with van der Waals surface area (Å²) in [4.78, 5) is 25.1. The van der Waals surface area contributed by atoms with Crippen molar-refractivity contribution in [3.8, 4) is 5.75 Å². The van der Waals surface area contributed by atoms with Gasteiger partial charge in [0.1, 0.15) is 5.75 Å². The maximum absolute atomic E-state index is 12.4. The second-order valence-corrected chi connectivity index (χ2v) is 5.52. The summed E-state index contributed by atoms with van der Waals surface area (Å²) in [5.41, 5.74) is 0.589. The van der Waals surface area contributed by atoms with Crippen LogP contribution in [0, 0.1) is 0 Å². The van der Waals surface area contributed by atoms with Crippen LogP contribution in [0.5, 0.6) is 5.75 Å². The molecule has 0 aromatic heterocycles. The van der Waals surface area contributed by atoms with Gasteiger partial charge in [0.2, 0.25) is 5.91 Å². The lowest BCUT2D eigenvalue weighted by Gasteiger charge is -2.21. The summed E-state index contributed by atoms with van der Waals surface area (Å²) in [7, 11) is 1.63. The molecule has 0 aliphatic carbocycles. The zero-order valence-corrected chi connectivity index (χ0v) is 15.2. The summed E-state index contributed by atoms with van der Waals surface area (Å²) in [5.74, 6) is 0.221. The zero-order valence-electron chi connectivity index (χ0n) is 15.2. The van der Waals surface area contributed by atoms with Gasteiger partial charge in [-0.1, -0.05) is 13.0 Å². The van der Waals surface area contributed by atoms with Crippen LogP contribution in [0.25, 0.3) is 0 Å². The predicted octanol–water partition coefficient (Wildman–Crippen LogP) is 2.91. The third kappa shape index (κ3) is 9.07. The maximum atomic E-state index is 12.4. The lowest BCUT2D eigenvalue weighted by atomic mass is 10.3. The number of ether oxygens (including phenoxy) is 3. The number of carbonyl (C=O) groups is 2. The van der Waals surface area contributed by atoms with E-state index in [-0.39, 0.29) is 5.91 Å². The molecule has 0 fully saturated rings. The van der Waals surface area contributed by atoms with Crippen LogP contribution in [0.1, 0.15) is 26.7 Å². The van der Waals surface area contributed by atoms with Gasteiger partial charge in [0.25, 0.3) is 0 Å².